The van der Waals surface area contributed by atoms with Gasteiger partial charge in [-0.05, 0) is 57.8 Å². The topological polar surface area (TPSA) is 52.1 Å². The number of aliphatic imine (C=N–C) groups is 1. The Morgan fingerprint density at radius 2 is 1.93 bits per heavy atom. The van der Waals surface area contributed by atoms with Gasteiger partial charge in [0.15, 0.2) is 5.96 Å². The van der Waals surface area contributed by atoms with Crippen LogP contribution in [0.2, 0.25) is 0 Å². The largest absolute Gasteiger partial charge is 0.373 e. The highest BCUT2D eigenvalue weighted by Crippen LogP contribution is 2.25. The molecule has 0 saturated carbocycles. The molecule has 3 atom stereocenters. The van der Waals surface area contributed by atoms with Gasteiger partial charge in [0, 0.05) is 25.7 Å². The fourth-order valence-electron chi connectivity index (χ4n) is 4.90. The van der Waals surface area contributed by atoms with Gasteiger partial charge in [-0.25, -0.2) is 0 Å². The number of nitrogens with one attached hydrogen (secondary N) is 2. The molecule has 4 rings (SSSR count). The van der Waals surface area contributed by atoms with E-state index in [0.29, 0.717) is 12.1 Å². The van der Waals surface area contributed by atoms with Gasteiger partial charge in [0.25, 0.3) is 0 Å². The van der Waals surface area contributed by atoms with Crippen molar-refractivity contribution < 1.29 is 4.74 Å². The Kier molecular flexibility index (Phi) is 9.67. The van der Waals surface area contributed by atoms with Crippen molar-refractivity contribution in [2.24, 2.45) is 4.99 Å². The molecular formula is C23H38IN5O. The first-order valence-corrected chi connectivity index (χ1v) is 11.5. The first-order chi connectivity index (χ1) is 14.3. The molecule has 3 aliphatic heterocycles. The Morgan fingerprint density at radius 3 is 2.70 bits per heavy atom. The fourth-order valence-corrected chi connectivity index (χ4v) is 4.90. The molecule has 0 aliphatic carbocycles. The molecule has 6 nitrogen and oxygen atoms in total. The summed E-state index contributed by atoms with van der Waals surface area (Å²) in [6.45, 7) is 10.1. The van der Waals surface area contributed by atoms with Crippen molar-refractivity contribution in [1.82, 2.24) is 20.4 Å². The van der Waals surface area contributed by atoms with Gasteiger partial charge in [-0.1, -0.05) is 30.3 Å². The van der Waals surface area contributed by atoms with Gasteiger partial charge in [0.2, 0.25) is 0 Å². The highest BCUT2D eigenvalue weighted by atomic mass is 127. The number of likely N-dealkylation sites (tertiary alicyclic amines) is 1. The molecule has 0 spiro atoms. The van der Waals surface area contributed by atoms with Crippen LogP contribution in [0.25, 0.3) is 0 Å². The number of halogens is 1. The zero-order valence-corrected chi connectivity index (χ0v) is 20.6. The van der Waals surface area contributed by atoms with E-state index in [1.165, 1.54) is 50.9 Å². The van der Waals surface area contributed by atoms with E-state index < -0.39 is 0 Å². The molecule has 2 N–H and O–H groups in total. The number of rotatable bonds is 7. The summed E-state index contributed by atoms with van der Waals surface area (Å²) in [5.74, 6) is 0.903. The molecular weight excluding hydrogens is 489 g/mol. The maximum atomic E-state index is 6.10. The first kappa shape index (κ1) is 23.8. The minimum absolute atomic E-state index is 0. The normalized spacial score (nSPS) is 26.1. The average molecular weight is 527 g/mol. The van der Waals surface area contributed by atoms with Crippen LogP contribution < -0.4 is 10.6 Å². The lowest BCUT2D eigenvalue weighted by Crippen LogP contribution is -2.51. The summed E-state index contributed by atoms with van der Waals surface area (Å²) in [4.78, 5) is 10.1. The summed E-state index contributed by atoms with van der Waals surface area (Å²) in [5, 5.41) is 6.95. The standard InChI is InChI=1S/C23H37N5O.HI/c1-2-24-23(25-15-21-17-28-14-8-11-20(28)18-29-21)26-16-22(27-12-6-7-13-27)19-9-4-3-5-10-19;/h3-5,9-10,20-22H,2,6-8,11-18H2,1H3,(H2,24,25,26);1H. The van der Waals surface area contributed by atoms with E-state index in [2.05, 4.69) is 57.7 Å². The minimum atomic E-state index is 0. The summed E-state index contributed by atoms with van der Waals surface area (Å²) in [5.41, 5.74) is 1.37. The van der Waals surface area contributed by atoms with Crippen LogP contribution in [0.3, 0.4) is 0 Å². The van der Waals surface area contributed by atoms with Crippen molar-refractivity contribution in [3.05, 3.63) is 35.9 Å². The summed E-state index contributed by atoms with van der Waals surface area (Å²) < 4.78 is 6.10. The predicted octanol–water partition coefficient (Wildman–Crippen LogP) is 2.86. The number of hydrogen-bond acceptors (Lipinski definition) is 4. The smallest absolute Gasteiger partial charge is 0.191 e. The lowest BCUT2D eigenvalue weighted by Gasteiger charge is -2.35. The second-order valence-corrected chi connectivity index (χ2v) is 8.52. The van der Waals surface area contributed by atoms with E-state index >= 15 is 0 Å². The van der Waals surface area contributed by atoms with E-state index in [1.54, 1.807) is 0 Å². The van der Waals surface area contributed by atoms with Crippen molar-refractivity contribution in [3.63, 3.8) is 0 Å². The van der Waals surface area contributed by atoms with Crippen LogP contribution in [-0.4, -0.2) is 80.3 Å². The number of hydrogen-bond donors (Lipinski definition) is 2. The zero-order chi connectivity index (χ0) is 19.9. The van der Waals surface area contributed by atoms with Gasteiger partial charge in [-0.2, -0.15) is 0 Å². The SMILES string of the molecule is CCNC(=NCC(c1ccccc1)N1CCCC1)NCC1CN2CCCC2CO1.I. The summed E-state index contributed by atoms with van der Waals surface area (Å²) in [6.07, 6.45) is 5.44. The molecule has 3 heterocycles. The number of ether oxygens (including phenoxy) is 1. The van der Waals surface area contributed by atoms with Crippen molar-refractivity contribution >= 4 is 29.9 Å². The molecule has 0 radical (unpaired) electrons. The zero-order valence-electron chi connectivity index (χ0n) is 18.3. The monoisotopic (exact) mass is 527 g/mol. The average Bonchev–Trinajstić information content (AvgIpc) is 3.44. The summed E-state index contributed by atoms with van der Waals surface area (Å²) in [6, 6.07) is 11.8. The molecule has 0 amide bonds. The second kappa shape index (κ2) is 12.2. The number of guanidine groups is 1. The van der Waals surface area contributed by atoms with Crippen molar-refractivity contribution in [1.29, 1.82) is 0 Å². The molecule has 3 saturated heterocycles. The Balaban J connectivity index is 0.00000256. The van der Waals surface area contributed by atoms with Crippen molar-refractivity contribution in [2.45, 2.75) is 50.8 Å². The van der Waals surface area contributed by atoms with Crippen LogP contribution in [-0.2, 0) is 4.74 Å². The first-order valence-electron chi connectivity index (χ1n) is 11.5. The third-order valence-corrected chi connectivity index (χ3v) is 6.49. The van der Waals surface area contributed by atoms with Crippen molar-refractivity contribution in [2.75, 3.05) is 52.4 Å². The van der Waals surface area contributed by atoms with E-state index in [0.717, 1.165) is 38.7 Å². The molecule has 1 aromatic rings. The van der Waals surface area contributed by atoms with Crippen LogP contribution in [0.1, 0.15) is 44.2 Å². The Labute approximate surface area is 198 Å². The highest BCUT2D eigenvalue weighted by Gasteiger charge is 2.32. The van der Waals surface area contributed by atoms with Crippen molar-refractivity contribution in [3.8, 4) is 0 Å². The van der Waals surface area contributed by atoms with E-state index in [-0.39, 0.29) is 30.1 Å². The molecule has 3 fully saturated rings. The molecule has 7 heteroatoms. The van der Waals surface area contributed by atoms with Crippen LogP contribution in [0, 0.1) is 0 Å². The lowest BCUT2D eigenvalue weighted by atomic mass is 10.1. The maximum Gasteiger partial charge on any atom is 0.191 e. The summed E-state index contributed by atoms with van der Waals surface area (Å²) >= 11 is 0. The van der Waals surface area contributed by atoms with Crippen LogP contribution >= 0.6 is 24.0 Å². The van der Waals surface area contributed by atoms with Gasteiger partial charge < -0.3 is 15.4 Å². The fraction of sp³-hybridized carbons (Fsp3) is 0.696. The quantitative estimate of drug-likeness (QED) is 0.325. The van der Waals surface area contributed by atoms with Gasteiger partial charge in [-0.15, -0.1) is 24.0 Å². The highest BCUT2D eigenvalue weighted by molar-refractivity contribution is 14.0. The minimum Gasteiger partial charge on any atom is -0.373 e. The van der Waals surface area contributed by atoms with E-state index in [4.69, 9.17) is 9.73 Å². The van der Waals surface area contributed by atoms with E-state index in [9.17, 15) is 0 Å². The number of nitrogens with zero attached hydrogens (tertiary/aromatic N) is 3. The molecule has 168 valence electrons. The van der Waals surface area contributed by atoms with Gasteiger partial charge in [0.1, 0.15) is 0 Å². The van der Waals surface area contributed by atoms with Gasteiger partial charge >= 0.3 is 0 Å². The molecule has 3 unspecified atom stereocenters. The van der Waals surface area contributed by atoms with Gasteiger partial charge in [0.05, 0.1) is 25.3 Å². The van der Waals surface area contributed by atoms with Crippen LogP contribution in [0.15, 0.2) is 35.3 Å². The molecule has 0 aromatic heterocycles. The van der Waals surface area contributed by atoms with Crippen LogP contribution in [0.4, 0.5) is 0 Å². The third-order valence-electron chi connectivity index (χ3n) is 6.49. The second-order valence-electron chi connectivity index (χ2n) is 8.52. The number of morpholine rings is 1. The number of fused-ring (bicyclic) bond motifs is 1. The molecule has 1 aromatic carbocycles. The summed E-state index contributed by atoms with van der Waals surface area (Å²) in [7, 11) is 0. The van der Waals surface area contributed by atoms with Gasteiger partial charge in [-0.3, -0.25) is 14.8 Å². The predicted molar refractivity (Wildman–Crippen MR) is 134 cm³/mol. The lowest BCUT2D eigenvalue weighted by molar-refractivity contribution is -0.0453. The Hall–Kier alpha value is -0.900. The maximum absolute atomic E-state index is 6.10. The molecule has 3 aliphatic rings. The third kappa shape index (κ3) is 6.31. The molecule has 30 heavy (non-hydrogen) atoms. The van der Waals surface area contributed by atoms with Crippen LogP contribution in [0.5, 0.6) is 0 Å². The Bertz CT molecular complexity index is 652. The number of benzene rings is 1. The van der Waals surface area contributed by atoms with E-state index in [1.807, 2.05) is 0 Å². The Morgan fingerprint density at radius 1 is 1.13 bits per heavy atom. The molecule has 0 bridgehead atoms.